The lowest BCUT2D eigenvalue weighted by atomic mass is 9.84. The first-order chi connectivity index (χ1) is 29.2. The van der Waals surface area contributed by atoms with Gasteiger partial charge in [0.15, 0.2) is 0 Å². The maximum Gasteiger partial charge on any atom is 0.0783 e. The lowest BCUT2D eigenvalue weighted by Crippen LogP contribution is -2.15. The van der Waals surface area contributed by atoms with Gasteiger partial charge in [-0.2, -0.15) is 0 Å². The average molecular weight is 790 g/mol. The quantitative estimate of drug-likeness (QED) is 0.174. The Balaban J connectivity index is 1.33. The molecule has 4 heterocycles. The number of anilines is 3. The first kappa shape index (κ1) is 36.3. The van der Waals surface area contributed by atoms with Gasteiger partial charge in [0.2, 0.25) is 0 Å². The number of para-hydroxylation sites is 2. The number of rotatable bonds is 3. The smallest absolute Gasteiger partial charge is 0.0783 e. The topological polar surface area (TPSA) is 12.1 Å². The van der Waals surface area contributed by atoms with Gasteiger partial charge in [-0.25, -0.2) is 0 Å². The van der Waals surface area contributed by atoms with Crippen LogP contribution in [0.4, 0.5) is 17.1 Å². The summed E-state index contributed by atoms with van der Waals surface area (Å²) < 4.78 is 5.21. The summed E-state index contributed by atoms with van der Waals surface area (Å²) in [5.74, 6) is 0. The van der Waals surface area contributed by atoms with E-state index in [1.165, 1.54) is 109 Å². The average Bonchev–Trinajstić information content (AvgIpc) is 3.96. The SMILES string of the molecule is CC(C)(C)c1ccc2c(c1)c1cc(C(C)(C)C)cc3c4c5c6cc7ccccc7c7c8cc(C(C)(C)C)cc(N(c9ccccc9)c9ccccc9)c8n(c5ccc4n2c13)c67. The van der Waals surface area contributed by atoms with Gasteiger partial charge in [0.25, 0.3) is 0 Å². The Bertz CT molecular complexity index is 3690. The molecular weight excluding hydrogens is 739 g/mol. The van der Waals surface area contributed by atoms with Gasteiger partial charge in [0.05, 0.1) is 38.8 Å². The van der Waals surface area contributed by atoms with Crippen molar-refractivity contribution in [3.8, 4) is 0 Å². The fourth-order valence-electron chi connectivity index (χ4n) is 10.6. The van der Waals surface area contributed by atoms with Gasteiger partial charge in [0.1, 0.15) is 0 Å². The molecule has 61 heavy (non-hydrogen) atoms. The van der Waals surface area contributed by atoms with E-state index >= 15 is 0 Å². The molecule has 12 aromatic rings. The third-order valence-electron chi connectivity index (χ3n) is 13.7. The summed E-state index contributed by atoms with van der Waals surface area (Å²) in [5.41, 5.74) is 15.1. The van der Waals surface area contributed by atoms with E-state index < -0.39 is 0 Å². The van der Waals surface area contributed by atoms with Crippen LogP contribution in [-0.4, -0.2) is 8.80 Å². The number of hydrogen-bond donors (Lipinski definition) is 0. The van der Waals surface area contributed by atoms with Crippen LogP contribution in [0.5, 0.6) is 0 Å². The zero-order valence-electron chi connectivity index (χ0n) is 36.7. The Labute approximate surface area is 357 Å². The second-order valence-electron chi connectivity index (χ2n) is 20.7. The first-order valence-electron chi connectivity index (χ1n) is 21.9. The second-order valence-corrected chi connectivity index (χ2v) is 20.7. The highest BCUT2D eigenvalue weighted by Crippen LogP contribution is 2.52. The Hall–Kier alpha value is -6.58. The molecule has 0 amide bonds. The minimum atomic E-state index is -0.0833. The normalized spacial score (nSPS) is 13.3. The third-order valence-corrected chi connectivity index (χ3v) is 13.7. The van der Waals surface area contributed by atoms with Gasteiger partial charge in [0, 0.05) is 54.5 Å². The van der Waals surface area contributed by atoms with E-state index in [9.17, 15) is 0 Å². The predicted octanol–water partition coefficient (Wildman–Crippen LogP) is 16.5. The number of aromatic nitrogens is 2. The zero-order chi connectivity index (χ0) is 41.9. The third kappa shape index (κ3) is 4.98. The molecule has 4 aromatic heterocycles. The summed E-state index contributed by atoms with van der Waals surface area (Å²) in [5, 5.41) is 13.2. The van der Waals surface area contributed by atoms with Gasteiger partial charge in [-0.3, -0.25) is 0 Å². The fourth-order valence-corrected chi connectivity index (χ4v) is 10.6. The van der Waals surface area contributed by atoms with Crippen LogP contribution >= 0.6 is 0 Å². The molecular formula is C58H51N3. The van der Waals surface area contributed by atoms with Crippen molar-refractivity contribution in [1.82, 2.24) is 8.80 Å². The Morgan fingerprint density at radius 2 is 0.836 bits per heavy atom. The highest BCUT2D eigenvalue weighted by Gasteiger charge is 2.31. The maximum absolute atomic E-state index is 2.63. The Morgan fingerprint density at radius 3 is 1.46 bits per heavy atom. The van der Waals surface area contributed by atoms with Crippen LogP contribution in [0.15, 0.2) is 146 Å². The van der Waals surface area contributed by atoms with Crippen molar-refractivity contribution >= 4 is 104 Å². The summed E-state index contributed by atoms with van der Waals surface area (Å²) >= 11 is 0. The molecule has 3 nitrogen and oxygen atoms in total. The molecule has 0 N–H and O–H groups in total. The van der Waals surface area contributed by atoms with Crippen LogP contribution in [0.1, 0.15) is 79.0 Å². The van der Waals surface area contributed by atoms with Crippen molar-refractivity contribution in [2.75, 3.05) is 4.90 Å². The molecule has 0 unspecified atom stereocenters. The lowest BCUT2D eigenvalue weighted by Gasteiger charge is -2.29. The Kier molecular flexibility index (Phi) is 7.16. The van der Waals surface area contributed by atoms with Crippen LogP contribution < -0.4 is 4.90 Å². The number of hydrogen-bond acceptors (Lipinski definition) is 1. The molecule has 0 aliphatic rings. The van der Waals surface area contributed by atoms with Crippen LogP contribution in [0, 0.1) is 0 Å². The van der Waals surface area contributed by atoms with Crippen molar-refractivity contribution in [2.24, 2.45) is 0 Å². The summed E-state index contributed by atoms with van der Waals surface area (Å²) in [6.45, 7) is 21.1. The molecule has 0 saturated heterocycles. The molecule has 0 fully saturated rings. The van der Waals surface area contributed by atoms with Crippen molar-refractivity contribution in [3.05, 3.63) is 162 Å². The number of benzene rings is 8. The molecule has 0 saturated carbocycles. The molecule has 3 heteroatoms. The highest BCUT2D eigenvalue weighted by molar-refractivity contribution is 6.39. The van der Waals surface area contributed by atoms with Crippen LogP contribution in [-0.2, 0) is 16.2 Å². The van der Waals surface area contributed by atoms with Gasteiger partial charge >= 0.3 is 0 Å². The zero-order valence-corrected chi connectivity index (χ0v) is 36.7. The molecule has 0 atom stereocenters. The molecule has 0 aliphatic heterocycles. The van der Waals surface area contributed by atoms with E-state index in [-0.39, 0.29) is 16.2 Å². The van der Waals surface area contributed by atoms with Gasteiger partial charge in [-0.15, -0.1) is 0 Å². The van der Waals surface area contributed by atoms with Crippen LogP contribution in [0.3, 0.4) is 0 Å². The molecule has 12 rings (SSSR count). The molecule has 0 bridgehead atoms. The van der Waals surface area contributed by atoms with Crippen LogP contribution in [0.2, 0.25) is 0 Å². The minimum Gasteiger partial charge on any atom is -0.308 e. The predicted molar refractivity (Wildman–Crippen MR) is 264 cm³/mol. The van der Waals surface area contributed by atoms with Crippen molar-refractivity contribution in [1.29, 1.82) is 0 Å². The van der Waals surface area contributed by atoms with E-state index in [0.717, 1.165) is 11.4 Å². The highest BCUT2D eigenvalue weighted by atomic mass is 15.2. The standard InChI is InChI=1S/C58H51N3/c1-56(2,3)35-24-25-46-41(29-35)42-30-36(57(4,5)6)31-45-52-47(60(46)53(42)45)26-27-48-51(52)43-28-34-18-16-17-23-40(34)50-44-32-37(58(7,8)9)33-49(54(44)61(48)55(43)50)59(38-19-12-10-13-20-38)39-21-14-11-15-22-39/h10-33H,1-9H3. The molecule has 8 aromatic carbocycles. The summed E-state index contributed by atoms with van der Waals surface area (Å²) in [6, 6.07) is 55.4. The summed E-state index contributed by atoms with van der Waals surface area (Å²) in [4.78, 5) is 2.48. The molecule has 0 spiro atoms. The monoisotopic (exact) mass is 789 g/mol. The van der Waals surface area contributed by atoms with Crippen molar-refractivity contribution in [2.45, 2.75) is 78.6 Å². The number of fused-ring (bicyclic) bond motifs is 15. The maximum atomic E-state index is 2.63. The van der Waals surface area contributed by atoms with E-state index in [0.29, 0.717) is 0 Å². The van der Waals surface area contributed by atoms with Crippen molar-refractivity contribution in [3.63, 3.8) is 0 Å². The van der Waals surface area contributed by atoms with Crippen LogP contribution in [0.25, 0.3) is 87.0 Å². The van der Waals surface area contributed by atoms with Gasteiger partial charge in [-0.05, 0) is 123 Å². The largest absolute Gasteiger partial charge is 0.308 e. The summed E-state index contributed by atoms with van der Waals surface area (Å²) in [6.07, 6.45) is 0. The van der Waals surface area contributed by atoms with Gasteiger partial charge < -0.3 is 13.7 Å². The van der Waals surface area contributed by atoms with Crippen molar-refractivity contribution < 1.29 is 0 Å². The Morgan fingerprint density at radius 1 is 0.344 bits per heavy atom. The molecule has 0 aliphatic carbocycles. The first-order valence-corrected chi connectivity index (χ1v) is 21.9. The van der Waals surface area contributed by atoms with Gasteiger partial charge in [-0.1, -0.05) is 129 Å². The molecule has 298 valence electrons. The lowest BCUT2D eigenvalue weighted by molar-refractivity contribution is 0.590. The fraction of sp³-hybridized carbons (Fsp3) is 0.207. The molecule has 0 radical (unpaired) electrons. The second kappa shape index (κ2) is 12.0. The van der Waals surface area contributed by atoms with E-state index in [1.54, 1.807) is 0 Å². The van der Waals surface area contributed by atoms with E-state index in [4.69, 9.17) is 0 Å². The van der Waals surface area contributed by atoms with E-state index in [2.05, 4.69) is 222 Å². The summed E-state index contributed by atoms with van der Waals surface area (Å²) in [7, 11) is 0. The van der Waals surface area contributed by atoms with E-state index in [1.807, 2.05) is 0 Å². The minimum absolute atomic E-state index is 0.0306. The number of nitrogens with zero attached hydrogens (tertiary/aromatic N) is 3.